The lowest BCUT2D eigenvalue weighted by Gasteiger charge is -2.30. The fourth-order valence-corrected chi connectivity index (χ4v) is 5.04. The van der Waals surface area contributed by atoms with Crippen LogP contribution in [-0.2, 0) is 0 Å². The van der Waals surface area contributed by atoms with Crippen LogP contribution in [0.25, 0.3) is 0 Å². The van der Waals surface area contributed by atoms with E-state index in [1.165, 1.54) is 44.3 Å². The van der Waals surface area contributed by atoms with Gasteiger partial charge in [0.1, 0.15) is 8.24 Å². The zero-order chi connectivity index (χ0) is 11.7. The van der Waals surface area contributed by atoms with Gasteiger partial charge in [-0.05, 0) is 31.2 Å². The highest BCUT2D eigenvalue weighted by atomic mass is 28.3. The second-order valence-corrected chi connectivity index (χ2v) is 9.33. The first kappa shape index (κ1) is 15.1. The summed E-state index contributed by atoms with van der Waals surface area (Å²) < 4.78 is 0. The molecule has 0 fully saturated rings. The van der Waals surface area contributed by atoms with Gasteiger partial charge in [0.15, 0.2) is 0 Å². The van der Waals surface area contributed by atoms with Crippen LogP contribution in [0.4, 0.5) is 0 Å². The average Bonchev–Trinajstić information content (AvgIpc) is 2.31. The largest absolute Gasteiger partial charge is 0.336 e. The molecule has 0 rings (SSSR count). The molecule has 2 nitrogen and oxygen atoms in total. The number of rotatable bonds is 9. The normalized spacial score (nSPS) is 12.4. The lowest BCUT2D eigenvalue weighted by Crippen LogP contribution is -2.51. The molecule has 15 heavy (non-hydrogen) atoms. The Balaban J connectivity index is 3.89. The third-order valence-corrected chi connectivity index (χ3v) is 8.91. The highest BCUT2D eigenvalue weighted by Crippen LogP contribution is 2.15. The molecule has 0 atom stereocenters. The lowest BCUT2D eigenvalue weighted by molar-refractivity contribution is 0.308. The van der Waals surface area contributed by atoms with E-state index in [0.717, 1.165) is 0 Å². The molecule has 0 saturated heterocycles. The first-order valence-corrected chi connectivity index (χ1v) is 9.27. The van der Waals surface area contributed by atoms with Gasteiger partial charge in [0.2, 0.25) is 0 Å². The van der Waals surface area contributed by atoms with Gasteiger partial charge in [-0.25, -0.2) is 0 Å². The maximum Gasteiger partial charge on any atom is 0.124 e. The molecule has 0 heterocycles. The third-order valence-electron chi connectivity index (χ3n) is 3.85. The van der Waals surface area contributed by atoms with Crippen LogP contribution in [0.1, 0.15) is 34.6 Å². The Morgan fingerprint density at radius 3 is 1.67 bits per heavy atom. The highest BCUT2D eigenvalue weighted by Gasteiger charge is 2.25. The molecule has 0 aromatic carbocycles. The average molecular weight is 230 g/mol. The summed E-state index contributed by atoms with van der Waals surface area (Å²) >= 11 is 0. The van der Waals surface area contributed by atoms with E-state index in [9.17, 15) is 0 Å². The monoisotopic (exact) mass is 230 g/mol. The van der Waals surface area contributed by atoms with Crippen molar-refractivity contribution in [2.75, 3.05) is 26.2 Å². The van der Waals surface area contributed by atoms with Crippen LogP contribution in [-0.4, -0.2) is 39.3 Å². The van der Waals surface area contributed by atoms with Crippen LogP contribution in [0.2, 0.25) is 18.1 Å². The minimum absolute atomic E-state index is 1.09. The van der Waals surface area contributed by atoms with Crippen molar-refractivity contribution in [3.05, 3.63) is 0 Å². The topological polar surface area (TPSA) is 15.3 Å². The molecule has 1 N–H and O–H groups in total. The molecule has 0 aromatic heterocycles. The molecule has 0 spiro atoms. The summed E-state index contributed by atoms with van der Waals surface area (Å²) in [7, 11) is -1.09. The minimum Gasteiger partial charge on any atom is -0.336 e. The van der Waals surface area contributed by atoms with Crippen molar-refractivity contribution >= 4 is 8.24 Å². The Bertz CT molecular complexity index is 134. The quantitative estimate of drug-likeness (QED) is 0.613. The molecule has 0 aliphatic rings. The summed E-state index contributed by atoms with van der Waals surface area (Å²) in [5, 5.41) is 0. The van der Waals surface area contributed by atoms with E-state index < -0.39 is 8.24 Å². The van der Waals surface area contributed by atoms with Crippen molar-refractivity contribution in [3.63, 3.8) is 0 Å². The molecule has 0 radical (unpaired) electrons. The molecule has 0 aliphatic heterocycles. The van der Waals surface area contributed by atoms with Crippen molar-refractivity contribution in [2.24, 2.45) is 0 Å². The maximum atomic E-state index is 3.88. The van der Waals surface area contributed by atoms with E-state index in [2.05, 4.69) is 44.5 Å². The summed E-state index contributed by atoms with van der Waals surface area (Å²) in [6.45, 7) is 16.3. The summed E-state index contributed by atoms with van der Waals surface area (Å²) in [5.74, 6) is 0. The van der Waals surface area contributed by atoms with Crippen LogP contribution >= 0.6 is 0 Å². The van der Waals surface area contributed by atoms with Crippen molar-refractivity contribution < 1.29 is 0 Å². The van der Waals surface area contributed by atoms with Gasteiger partial charge in [-0.15, -0.1) is 0 Å². The second-order valence-electron chi connectivity index (χ2n) is 4.29. The standard InChI is InChI=1S/C12H30N2Si/c1-6-14(7-2)12-11-13-15(8-3,9-4)10-5/h13H,6-12H2,1-5H3. The second kappa shape index (κ2) is 8.31. The van der Waals surface area contributed by atoms with Crippen molar-refractivity contribution in [1.82, 2.24) is 9.88 Å². The Morgan fingerprint density at radius 2 is 1.33 bits per heavy atom. The minimum atomic E-state index is -1.09. The molecular weight excluding hydrogens is 200 g/mol. The molecule has 0 aliphatic carbocycles. The van der Waals surface area contributed by atoms with Gasteiger partial charge in [0.25, 0.3) is 0 Å². The van der Waals surface area contributed by atoms with Gasteiger partial charge in [-0.3, -0.25) is 0 Å². The third kappa shape index (κ3) is 5.14. The van der Waals surface area contributed by atoms with E-state index >= 15 is 0 Å². The molecule has 3 heteroatoms. The predicted molar refractivity (Wildman–Crippen MR) is 73.0 cm³/mol. The van der Waals surface area contributed by atoms with E-state index in [4.69, 9.17) is 0 Å². The van der Waals surface area contributed by atoms with Crippen LogP contribution in [0.15, 0.2) is 0 Å². The van der Waals surface area contributed by atoms with E-state index in [0.29, 0.717) is 0 Å². The van der Waals surface area contributed by atoms with Gasteiger partial charge >= 0.3 is 0 Å². The molecule has 0 amide bonds. The predicted octanol–water partition coefficient (Wildman–Crippen LogP) is 2.92. The van der Waals surface area contributed by atoms with Gasteiger partial charge in [0.05, 0.1) is 0 Å². The van der Waals surface area contributed by atoms with Gasteiger partial charge in [-0.2, -0.15) is 0 Å². The van der Waals surface area contributed by atoms with Crippen molar-refractivity contribution in [3.8, 4) is 0 Å². The first-order chi connectivity index (χ1) is 7.17. The molecule has 0 bridgehead atoms. The Kier molecular flexibility index (Phi) is 8.38. The zero-order valence-corrected chi connectivity index (χ0v) is 12.4. The number of likely N-dealkylation sites (N-methyl/N-ethyl adjacent to an activating group) is 1. The van der Waals surface area contributed by atoms with Gasteiger partial charge in [-0.1, -0.05) is 34.6 Å². The smallest absolute Gasteiger partial charge is 0.124 e. The summed E-state index contributed by atoms with van der Waals surface area (Å²) in [4.78, 5) is 6.37. The summed E-state index contributed by atoms with van der Waals surface area (Å²) in [6, 6.07) is 4.12. The van der Waals surface area contributed by atoms with Crippen LogP contribution in [0.5, 0.6) is 0 Å². The first-order valence-electron chi connectivity index (χ1n) is 6.65. The van der Waals surface area contributed by atoms with Gasteiger partial charge < -0.3 is 9.88 Å². The van der Waals surface area contributed by atoms with Crippen LogP contribution in [0.3, 0.4) is 0 Å². The molecular formula is C12H30N2Si. The molecule has 92 valence electrons. The van der Waals surface area contributed by atoms with E-state index in [1.54, 1.807) is 0 Å². The van der Waals surface area contributed by atoms with E-state index in [-0.39, 0.29) is 0 Å². The zero-order valence-electron chi connectivity index (χ0n) is 11.4. The van der Waals surface area contributed by atoms with Crippen molar-refractivity contribution in [2.45, 2.75) is 52.8 Å². The summed E-state index contributed by atoms with van der Waals surface area (Å²) in [6.07, 6.45) is 0. The van der Waals surface area contributed by atoms with Gasteiger partial charge in [0, 0.05) is 13.1 Å². The van der Waals surface area contributed by atoms with Crippen LogP contribution in [0, 0.1) is 0 Å². The Hall–Kier alpha value is 0.137. The number of hydrogen-bond acceptors (Lipinski definition) is 2. The lowest BCUT2D eigenvalue weighted by atomic mass is 10.5. The SMILES string of the molecule is CCN(CC)CCN[Si](CC)(CC)CC. The number of nitrogens with zero attached hydrogens (tertiary/aromatic N) is 1. The summed E-state index contributed by atoms with van der Waals surface area (Å²) in [5.41, 5.74) is 0. The fourth-order valence-electron chi connectivity index (χ4n) is 2.14. The van der Waals surface area contributed by atoms with Crippen molar-refractivity contribution in [1.29, 1.82) is 0 Å². The fraction of sp³-hybridized carbons (Fsp3) is 1.00. The van der Waals surface area contributed by atoms with Crippen LogP contribution < -0.4 is 4.98 Å². The molecule has 0 aromatic rings. The Labute approximate surface area is 97.5 Å². The molecule has 0 saturated carbocycles. The maximum absolute atomic E-state index is 3.88. The van der Waals surface area contributed by atoms with E-state index in [1.807, 2.05) is 0 Å². The Morgan fingerprint density at radius 1 is 0.867 bits per heavy atom. The molecule has 0 unspecified atom stereocenters. The number of nitrogens with one attached hydrogen (secondary N) is 1. The highest BCUT2D eigenvalue weighted by molar-refractivity contribution is 6.77. The number of hydrogen-bond donors (Lipinski definition) is 1.